The highest BCUT2D eigenvalue weighted by atomic mass is 35.5. The van der Waals surface area contributed by atoms with E-state index < -0.39 is 11.3 Å². The van der Waals surface area contributed by atoms with E-state index in [1.807, 2.05) is 6.07 Å². The number of benzene rings is 1. The van der Waals surface area contributed by atoms with E-state index >= 15 is 0 Å². The molecule has 0 saturated heterocycles. The van der Waals surface area contributed by atoms with Gasteiger partial charge in [-0.15, -0.1) is 0 Å². The van der Waals surface area contributed by atoms with Crippen LogP contribution in [-0.2, 0) is 11.3 Å². The molecule has 0 aliphatic heterocycles. The van der Waals surface area contributed by atoms with Gasteiger partial charge in [-0.25, -0.2) is 0 Å². The van der Waals surface area contributed by atoms with E-state index in [2.05, 4.69) is 0 Å². The van der Waals surface area contributed by atoms with Crippen molar-refractivity contribution in [1.82, 2.24) is 0 Å². The molecular weight excluding hydrogens is 224 g/mol. The molecule has 0 radical (unpaired) electrons. The van der Waals surface area contributed by atoms with Gasteiger partial charge in [0.15, 0.2) is 0 Å². The highest BCUT2D eigenvalue weighted by Gasteiger charge is 2.07. The van der Waals surface area contributed by atoms with E-state index in [0.717, 1.165) is 4.31 Å². The van der Waals surface area contributed by atoms with Gasteiger partial charge < -0.3 is 8.86 Å². The Hall–Kier alpha value is -1.09. The lowest BCUT2D eigenvalue weighted by atomic mass is 10.2. The minimum atomic E-state index is -2.39. The maximum atomic E-state index is 10.6. The van der Waals surface area contributed by atoms with Crippen molar-refractivity contribution in [3.05, 3.63) is 28.8 Å². The van der Waals surface area contributed by atoms with Gasteiger partial charge in [-0.05, 0) is 18.2 Å². The molecule has 1 unspecified atom stereocenters. The fourth-order valence-corrected chi connectivity index (χ4v) is 1.44. The van der Waals surface area contributed by atoms with E-state index in [-0.39, 0.29) is 5.56 Å². The molecule has 1 aromatic rings. The van der Waals surface area contributed by atoms with Crippen molar-refractivity contribution in [2.75, 3.05) is 11.4 Å². The van der Waals surface area contributed by atoms with E-state index in [0.29, 0.717) is 10.7 Å². The third-order valence-corrected chi connectivity index (χ3v) is 2.52. The predicted molar refractivity (Wildman–Crippen MR) is 53.5 cm³/mol. The van der Waals surface area contributed by atoms with E-state index in [1.165, 1.54) is 25.2 Å². The summed E-state index contributed by atoms with van der Waals surface area (Å²) in [5.41, 5.74) is 0.537. The van der Waals surface area contributed by atoms with Gasteiger partial charge in [-0.3, -0.25) is 4.21 Å². The fraction of sp³-hybridized carbons (Fsp3) is 0.125. The van der Waals surface area contributed by atoms with Crippen molar-refractivity contribution in [2.45, 2.75) is 0 Å². The summed E-state index contributed by atoms with van der Waals surface area (Å²) < 4.78 is 22.2. The summed E-state index contributed by atoms with van der Waals surface area (Å²) in [7, 11) is 1.35. The van der Waals surface area contributed by atoms with Gasteiger partial charge in [0.25, 0.3) is 0 Å². The normalized spacial score (nSPS) is 11.9. The maximum absolute atomic E-state index is 10.6. The zero-order valence-electron chi connectivity index (χ0n) is 7.23. The van der Waals surface area contributed by atoms with Crippen LogP contribution in [0.5, 0.6) is 0 Å². The molecule has 14 heavy (non-hydrogen) atoms. The SMILES string of the molecule is CN(c1ccc(Cl)cc1C#N)S(=O)[O-]. The Morgan fingerprint density at radius 1 is 1.64 bits per heavy atom. The highest BCUT2D eigenvalue weighted by Crippen LogP contribution is 2.23. The second kappa shape index (κ2) is 4.42. The van der Waals surface area contributed by atoms with Crippen molar-refractivity contribution >= 4 is 28.6 Å². The summed E-state index contributed by atoms with van der Waals surface area (Å²) >= 11 is 3.27. The second-order valence-corrected chi connectivity index (χ2v) is 3.91. The number of halogens is 1. The van der Waals surface area contributed by atoms with Gasteiger partial charge in [0.2, 0.25) is 0 Å². The van der Waals surface area contributed by atoms with Crippen LogP contribution in [0.1, 0.15) is 5.56 Å². The monoisotopic (exact) mass is 229 g/mol. The van der Waals surface area contributed by atoms with E-state index in [9.17, 15) is 8.76 Å². The Morgan fingerprint density at radius 2 is 2.29 bits per heavy atom. The number of hydrogen-bond acceptors (Lipinski definition) is 3. The molecule has 0 heterocycles. The molecular formula is C8H6ClN2O2S-. The van der Waals surface area contributed by atoms with Crippen LogP contribution >= 0.6 is 11.6 Å². The summed E-state index contributed by atoms with van der Waals surface area (Å²) in [6.07, 6.45) is 0. The zero-order valence-corrected chi connectivity index (χ0v) is 8.80. The fourth-order valence-electron chi connectivity index (χ4n) is 0.953. The lowest BCUT2D eigenvalue weighted by Crippen LogP contribution is -2.20. The molecule has 74 valence electrons. The van der Waals surface area contributed by atoms with Crippen LogP contribution in [0.15, 0.2) is 18.2 Å². The largest absolute Gasteiger partial charge is 0.755 e. The molecule has 0 aromatic heterocycles. The van der Waals surface area contributed by atoms with Crippen LogP contribution in [0.25, 0.3) is 0 Å². The maximum Gasteiger partial charge on any atom is 0.101 e. The third kappa shape index (κ3) is 2.23. The van der Waals surface area contributed by atoms with Gasteiger partial charge in [0, 0.05) is 23.3 Å². The van der Waals surface area contributed by atoms with Crippen LogP contribution in [0.3, 0.4) is 0 Å². The Morgan fingerprint density at radius 3 is 2.79 bits per heavy atom. The van der Waals surface area contributed by atoms with Crippen LogP contribution in [-0.4, -0.2) is 15.8 Å². The topological polar surface area (TPSA) is 67.2 Å². The first-order valence-electron chi connectivity index (χ1n) is 3.59. The van der Waals surface area contributed by atoms with Crippen molar-refractivity contribution in [1.29, 1.82) is 5.26 Å². The molecule has 1 aromatic carbocycles. The van der Waals surface area contributed by atoms with Crippen molar-refractivity contribution < 1.29 is 8.76 Å². The second-order valence-electron chi connectivity index (χ2n) is 2.49. The zero-order chi connectivity index (χ0) is 10.7. The molecule has 0 N–H and O–H groups in total. The Labute approximate surface area is 89.1 Å². The number of hydrogen-bond donors (Lipinski definition) is 0. The summed E-state index contributed by atoms with van der Waals surface area (Å²) in [4.78, 5) is 0. The molecule has 1 atom stereocenters. The van der Waals surface area contributed by atoms with E-state index in [4.69, 9.17) is 16.9 Å². The summed E-state index contributed by atoms with van der Waals surface area (Å²) in [5.74, 6) is 0. The van der Waals surface area contributed by atoms with Crippen molar-refractivity contribution in [3.8, 4) is 6.07 Å². The van der Waals surface area contributed by atoms with Gasteiger partial charge in [0.05, 0.1) is 11.3 Å². The van der Waals surface area contributed by atoms with Crippen molar-refractivity contribution in [2.24, 2.45) is 0 Å². The molecule has 0 saturated carbocycles. The number of nitriles is 1. The lowest BCUT2D eigenvalue weighted by molar-refractivity contribution is 0.535. The first kappa shape index (κ1) is 11.0. The number of nitrogens with zero attached hydrogens (tertiary/aromatic N) is 2. The van der Waals surface area contributed by atoms with Gasteiger partial charge in [-0.1, -0.05) is 11.6 Å². The lowest BCUT2D eigenvalue weighted by Gasteiger charge is -2.22. The van der Waals surface area contributed by atoms with Crippen LogP contribution in [0.2, 0.25) is 5.02 Å². The molecule has 6 heteroatoms. The minimum absolute atomic E-state index is 0.226. The molecule has 0 amide bonds. The first-order valence-corrected chi connectivity index (χ1v) is 5.00. The standard InChI is InChI=1S/C8H7ClN2O2S/c1-11(14(12)13)8-3-2-7(9)4-6(8)5-10/h2-4H,1H3,(H,12,13)/p-1. The summed E-state index contributed by atoms with van der Waals surface area (Å²) in [5, 5.41) is 9.14. The molecule has 0 aliphatic rings. The van der Waals surface area contributed by atoms with Crippen molar-refractivity contribution in [3.63, 3.8) is 0 Å². The number of rotatable bonds is 2. The van der Waals surface area contributed by atoms with Crippen LogP contribution in [0, 0.1) is 11.3 Å². The van der Waals surface area contributed by atoms with E-state index in [1.54, 1.807) is 0 Å². The van der Waals surface area contributed by atoms with Gasteiger partial charge in [0.1, 0.15) is 6.07 Å². The molecule has 1 rings (SSSR count). The van der Waals surface area contributed by atoms with Gasteiger partial charge in [-0.2, -0.15) is 5.26 Å². The Bertz CT molecular complexity index is 416. The average Bonchev–Trinajstić information content (AvgIpc) is 2.16. The summed E-state index contributed by atoms with van der Waals surface area (Å²) in [6.45, 7) is 0. The molecule has 0 spiro atoms. The number of anilines is 1. The summed E-state index contributed by atoms with van der Waals surface area (Å²) in [6, 6.07) is 6.30. The average molecular weight is 230 g/mol. The smallest absolute Gasteiger partial charge is 0.101 e. The van der Waals surface area contributed by atoms with Gasteiger partial charge >= 0.3 is 0 Å². The Kier molecular flexibility index (Phi) is 3.47. The van der Waals surface area contributed by atoms with Crippen LogP contribution < -0.4 is 4.31 Å². The quantitative estimate of drug-likeness (QED) is 0.721. The first-order chi connectivity index (χ1) is 6.56. The molecule has 0 aliphatic carbocycles. The highest BCUT2D eigenvalue weighted by molar-refractivity contribution is 7.80. The Balaban J connectivity index is 3.22. The van der Waals surface area contributed by atoms with Crippen LogP contribution in [0.4, 0.5) is 5.69 Å². The molecule has 4 nitrogen and oxygen atoms in total. The molecule has 0 bridgehead atoms. The minimum Gasteiger partial charge on any atom is -0.755 e. The molecule has 0 fully saturated rings. The predicted octanol–water partition coefficient (Wildman–Crippen LogP) is 1.44. The third-order valence-electron chi connectivity index (χ3n) is 1.64.